The van der Waals surface area contributed by atoms with Gasteiger partial charge in [0.25, 0.3) is 0 Å². The molecule has 0 saturated carbocycles. The van der Waals surface area contributed by atoms with Crippen molar-refractivity contribution in [3.8, 4) is 0 Å². The van der Waals surface area contributed by atoms with Gasteiger partial charge in [-0.05, 0) is 13.3 Å². The van der Waals surface area contributed by atoms with Crippen LogP contribution in [0.2, 0.25) is 0 Å². The minimum Gasteiger partial charge on any atom is -0.480 e. The van der Waals surface area contributed by atoms with Gasteiger partial charge in [0.05, 0.1) is 15.6 Å². The van der Waals surface area contributed by atoms with Crippen molar-refractivity contribution in [2.24, 2.45) is 4.99 Å². The van der Waals surface area contributed by atoms with E-state index >= 15 is 0 Å². The van der Waals surface area contributed by atoms with Crippen LogP contribution in [0.15, 0.2) is 4.99 Å². The molecule has 108 valence electrons. The van der Waals surface area contributed by atoms with Gasteiger partial charge in [-0.2, -0.15) is 0 Å². The third kappa shape index (κ3) is 3.99. The number of nitrogens with one attached hydrogen (secondary N) is 1. The zero-order valence-electron chi connectivity index (χ0n) is 11.6. The van der Waals surface area contributed by atoms with E-state index in [1.165, 1.54) is 24.5 Å². The SMILES string of the molecule is C=c1nc(/C(C)=N/C(CC)C(=O)O)s/c1=C/C(=O)NC. The van der Waals surface area contributed by atoms with Crippen molar-refractivity contribution in [1.82, 2.24) is 10.3 Å². The fourth-order valence-corrected chi connectivity index (χ4v) is 2.33. The van der Waals surface area contributed by atoms with Crippen LogP contribution in [0.3, 0.4) is 0 Å². The van der Waals surface area contributed by atoms with Gasteiger partial charge in [-0.15, -0.1) is 11.3 Å². The molecule has 2 N–H and O–H groups in total. The summed E-state index contributed by atoms with van der Waals surface area (Å²) in [6.45, 7) is 7.22. The van der Waals surface area contributed by atoms with E-state index in [1.54, 1.807) is 13.8 Å². The Kier molecular flexibility index (Phi) is 5.57. The van der Waals surface area contributed by atoms with Gasteiger partial charge < -0.3 is 10.4 Å². The van der Waals surface area contributed by atoms with Crippen LogP contribution in [0.5, 0.6) is 0 Å². The number of aliphatic imine (C=N–C) groups is 1. The summed E-state index contributed by atoms with van der Waals surface area (Å²) in [5.74, 6) is -1.20. The summed E-state index contributed by atoms with van der Waals surface area (Å²) in [6.07, 6.45) is 1.82. The largest absolute Gasteiger partial charge is 0.480 e. The van der Waals surface area contributed by atoms with Crippen molar-refractivity contribution >= 4 is 41.6 Å². The van der Waals surface area contributed by atoms with Crippen LogP contribution in [0, 0.1) is 0 Å². The number of rotatable bonds is 5. The molecule has 1 aromatic heterocycles. The number of thiazole rings is 1. The lowest BCUT2D eigenvalue weighted by Gasteiger charge is -2.04. The van der Waals surface area contributed by atoms with E-state index in [1.807, 2.05) is 0 Å². The van der Waals surface area contributed by atoms with Crippen LogP contribution in [-0.4, -0.2) is 40.8 Å². The summed E-state index contributed by atoms with van der Waals surface area (Å²) in [5, 5.41) is 12.5. The molecular weight excluding hydrogens is 278 g/mol. The minimum absolute atomic E-state index is 0.239. The molecule has 1 unspecified atom stereocenters. The molecule has 1 atom stereocenters. The predicted octanol–water partition coefficient (Wildman–Crippen LogP) is -0.248. The number of nitrogens with zero attached hydrogens (tertiary/aromatic N) is 2. The maximum absolute atomic E-state index is 11.3. The lowest BCUT2D eigenvalue weighted by molar-refractivity contribution is -0.138. The topological polar surface area (TPSA) is 91.7 Å². The summed E-state index contributed by atoms with van der Waals surface area (Å²) in [4.78, 5) is 30.6. The Hall–Kier alpha value is -2.02. The Morgan fingerprint density at radius 2 is 2.25 bits per heavy atom. The predicted molar refractivity (Wildman–Crippen MR) is 79.3 cm³/mol. The molecule has 0 saturated heterocycles. The minimum atomic E-state index is -0.963. The van der Waals surface area contributed by atoms with Crippen molar-refractivity contribution < 1.29 is 14.7 Å². The number of aliphatic carboxylic acids is 1. The molecular formula is C13H17N3O3S. The smallest absolute Gasteiger partial charge is 0.328 e. The Labute approximate surface area is 120 Å². The number of hydrogen-bond donors (Lipinski definition) is 2. The number of hydrogen-bond acceptors (Lipinski definition) is 5. The monoisotopic (exact) mass is 295 g/mol. The maximum Gasteiger partial charge on any atom is 0.328 e. The molecule has 0 bridgehead atoms. The highest BCUT2D eigenvalue weighted by Crippen LogP contribution is 2.04. The van der Waals surface area contributed by atoms with E-state index in [-0.39, 0.29) is 5.91 Å². The van der Waals surface area contributed by atoms with E-state index in [0.29, 0.717) is 27.0 Å². The second kappa shape index (κ2) is 6.95. The van der Waals surface area contributed by atoms with Crippen LogP contribution < -0.4 is 15.2 Å². The first-order valence-electron chi connectivity index (χ1n) is 6.05. The molecule has 1 rings (SSSR count). The van der Waals surface area contributed by atoms with Crippen LogP contribution in [-0.2, 0) is 9.59 Å². The zero-order valence-corrected chi connectivity index (χ0v) is 12.5. The molecule has 20 heavy (non-hydrogen) atoms. The molecule has 1 heterocycles. The Balaban J connectivity index is 3.16. The van der Waals surface area contributed by atoms with Gasteiger partial charge in [0.2, 0.25) is 5.91 Å². The third-order valence-electron chi connectivity index (χ3n) is 2.57. The fourth-order valence-electron chi connectivity index (χ4n) is 1.43. The highest BCUT2D eigenvalue weighted by Gasteiger charge is 2.14. The average Bonchev–Trinajstić information content (AvgIpc) is 2.76. The number of carboxylic acid groups (broad SMARTS) is 1. The van der Waals surface area contributed by atoms with Gasteiger partial charge in [0.15, 0.2) is 0 Å². The van der Waals surface area contributed by atoms with E-state index < -0.39 is 12.0 Å². The second-order valence-corrected chi connectivity index (χ2v) is 5.10. The van der Waals surface area contributed by atoms with Crippen molar-refractivity contribution in [2.45, 2.75) is 26.3 Å². The molecule has 0 aliphatic heterocycles. The average molecular weight is 295 g/mol. The molecule has 0 fully saturated rings. The summed E-state index contributed by atoms with van der Waals surface area (Å²) >= 11 is 1.26. The van der Waals surface area contributed by atoms with Crippen LogP contribution in [0.4, 0.5) is 0 Å². The molecule has 0 radical (unpaired) electrons. The van der Waals surface area contributed by atoms with Crippen LogP contribution in [0.1, 0.15) is 25.3 Å². The van der Waals surface area contributed by atoms with Gasteiger partial charge in [0, 0.05) is 13.1 Å². The zero-order chi connectivity index (χ0) is 15.3. The van der Waals surface area contributed by atoms with E-state index in [4.69, 9.17) is 5.11 Å². The first-order chi connectivity index (χ1) is 9.38. The van der Waals surface area contributed by atoms with Crippen molar-refractivity contribution in [3.63, 3.8) is 0 Å². The molecule has 0 aliphatic carbocycles. The lowest BCUT2D eigenvalue weighted by Crippen LogP contribution is -2.24. The standard InChI is InChI=1S/C13H17N3O3S/c1-5-9(13(18)19)15-8(3)12-16-7(2)10(20-12)6-11(17)14-4/h6,9H,2,5H2,1,3-4H3,(H,14,17)(H,18,19)/b10-6+,15-8+. The van der Waals surface area contributed by atoms with Gasteiger partial charge >= 0.3 is 5.97 Å². The van der Waals surface area contributed by atoms with Crippen molar-refractivity contribution in [2.75, 3.05) is 7.05 Å². The highest BCUT2D eigenvalue weighted by atomic mass is 32.1. The quantitative estimate of drug-likeness (QED) is 0.733. The first kappa shape index (κ1) is 16.0. The molecule has 6 nitrogen and oxygen atoms in total. The first-order valence-corrected chi connectivity index (χ1v) is 6.87. The normalized spacial score (nSPS) is 14.2. The Morgan fingerprint density at radius 3 is 2.75 bits per heavy atom. The Bertz CT molecular complexity index is 648. The molecule has 0 aliphatic rings. The van der Waals surface area contributed by atoms with Crippen LogP contribution in [0.25, 0.3) is 12.7 Å². The third-order valence-corrected chi connectivity index (χ3v) is 3.72. The van der Waals surface area contributed by atoms with E-state index in [0.717, 1.165) is 0 Å². The van der Waals surface area contributed by atoms with Gasteiger partial charge in [0.1, 0.15) is 11.0 Å². The summed E-state index contributed by atoms with van der Waals surface area (Å²) in [7, 11) is 1.54. The highest BCUT2D eigenvalue weighted by molar-refractivity contribution is 7.11. The van der Waals surface area contributed by atoms with E-state index in [9.17, 15) is 9.59 Å². The number of amides is 1. The summed E-state index contributed by atoms with van der Waals surface area (Å²) in [5.41, 5.74) is 0.533. The molecule has 1 amide bonds. The summed E-state index contributed by atoms with van der Waals surface area (Å²) < 4.78 is 0.636. The Morgan fingerprint density at radius 1 is 1.60 bits per heavy atom. The molecule has 0 spiro atoms. The summed E-state index contributed by atoms with van der Waals surface area (Å²) in [6, 6.07) is -0.779. The van der Waals surface area contributed by atoms with Gasteiger partial charge in [-0.3, -0.25) is 9.79 Å². The van der Waals surface area contributed by atoms with E-state index in [2.05, 4.69) is 21.9 Å². The van der Waals surface area contributed by atoms with Crippen LogP contribution >= 0.6 is 11.3 Å². The van der Waals surface area contributed by atoms with Crippen molar-refractivity contribution in [3.05, 3.63) is 14.9 Å². The lowest BCUT2D eigenvalue weighted by atomic mass is 10.2. The van der Waals surface area contributed by atoms with Gasteiger partial charge in [-0.1, -0.05) is 13.5 Å². The van der Waals surface area contributed by atoms with Crippen molar-refractivity contribution in [1.29, 1.82) is 0 Å². The molecule has 7 heteroatoms. The second-order valence-electron chi connectivity index (χ2n) is 4.07. The number of carboxylic acids is 1. The number of carbonyl (C=O) groups is 2. The molecule has 0 aromatic carbocycles. The number of aromatic nitrogens is 1. The molecule has 1 aromatic rings. The maximum atomic E-state index is 11.3. The number of carbonyl (C=O) groups excluding carboxylic acids is 1. The van der Waals surface area contributed by atoms with Gasteiger partial charge in [-0.25, -0.2) is 9.78 Å². The fraction of sp³-hybridized carbons (Fsp3) is 0.385.